The molecule has 1 aliphatic rings. The maximum Gasteiger partial charge on any atom is 0.239 e. The zero-order valence-electron chi connectivity index (χ0n) is 9.75. The maximum absolute atomic E-state index is 11.4. The Morgan fingerprint density at radius 2 is 1.88 bits per heavy atom. The van der Waals surface area contributed by atoms with Crippen LogP contribution in [0.1, 0.15) is 32.1 Å². The van der Waals surface area contributed by atoms with Gasteiger partial charge in [-0.3, -0.25) is 9.59 Å². The first kappa shape index (κ1) is 13.4. The van der Waals surface area contributed by atoms with Gasteiger partial charge in [0.1, 0.15) is 0 Å². The molecule has 1 aliphatic carbocycles. The molecule has 0 aliphatic heterocycles. The van der Waals surface area contributed by atoms with E-state index >= 15 is 0 Å². The van der Waals surface area contributed by atoms with Crippen molar-refractivity contribution in [3.8, 4) is 0 Å². The van der Waals surface area contributed by atoms with Crippen LogP contribution in [0.5, 0.6) is 0 Å². The summed E-state index contributed by atoms with van der Waals surface area (Å²) in [6.45, 7) is 0.0839. The lowest BCUT2D eigenvalue weighted by atomic mass is 10.0. The smallest absolute Gasteiger partial charge is 0.239 e. The molecule has 2 amide bonds. The molecule has 0 spiro atoms. The fourth-order valence-corrected chi connectivity index (χ4v) is 2.90. The Morgan fingerprint density at radius 3 is 2.50 bits per heavy atom. The SMILES string of the molecule is CNC(=O)CNC(=O)CSC1CCCCC1. The first-order chi connectivity index (χ1) is 7.72. The topological polar surface area (TPSA) is 58.2 Å². The van der Waals surface area contributed by atoms with Crippen LogP contribution in [0.2, 0.25) is 0 Å². The highest BCUT2D eigenvalue weighted by molar-refractivity contribution is 8.00. The Kier molecular flexibility index (Phi) is 6.30. The van der Waals surface area contributed by atoms with Crippen LogP contribution in [0.25, 0.3) is 0 Å². The summed E-state index contributed by atoms with van der Waals surface area (Å²) in [5.41, 5.74) is 0. The van der Waals surface area contributed by atoms with Crippen molar-refractivity contribution in [3.63, 3.8) is 0 Å². The Hall–Kier alpha value is -0.710. The van der Waals surface area contributed by atoms with Crippen molar-refractivity contribution in [2.24, 2.45) is 0 Å². The molecule has 0 aromatic rings. The van der Waals surface area contributed by atoms with Crippen molar-refractivity contribution in [3.05, 3.63) is 0 Å². The summed E-state index contributed by atoms with van der Waals surface area (Å²) in [4.78, 5) is 22.3. The number of likely N-dealkylation sites (N-methyl/N-ethyl adjacent to an activating group) is 1. The second-order valence-corrected chi connectivity index (χ2v) is 5.31. The molecular formula is C11H20N2O2S. The van der Waals surface area contributed by atoms with Crippen molar-refractivity contribution in [2.45, 2.75) is 37.4 Å². The van der Waals surface area contributed by atoms with E-state index in [9.17, 15) is 9.59 Å². The summed E-state index contributed by atoms with van der Waals surface area (Å²) in [6, 6.07) is 0. The fourth-order valence-electron chi connectivity index (χ4n) is 1.74. The summed E-state index contributed by atoms with van der Waals surface area (Å²) >= 11 is 1.72. The summed E-state index contributed by atoms with van der Waals surface area (Å²) in [5, 5.41) is 5.70. The Morgan fingerprint density at radius 1 is 1.19 bits per heavy atom. The largest absolute Gasteiger partial charge is 0.358 e. The van der Waals surface area contributed by atoms with E-state index in [4.69, 9.17) is 0 Å². The van der Waals surface area contributed by atoms with Gasteiger partial charge in [-0.25, -0.2) is 0 Å². The number of thioether (sulfide) groups is 1. The molecule has 0 heterocycles. The quantitative estimate of drug-likeness (QED) is 0.756. The Bertz CT molecular complexity index is 240. The number of amides is 2. The van der Waals surface area contributed by atoms with E-state index in [1.165, 1.54) is 32.1 Å². The highest BCUT2D eigenvalue weighted by Gasteiger charge is 2.15. The van der Waals surface area contributed by atoms with Crippen LogP contribution < -0.4 is 10.6 Å². The highest BCUT2D eigenvalue weighted by atomic mass is 32.2. The van der Waals surface area contributed by atoms with Gasteiger partial charge >= 0.3 is 0 Å². The molecule has 0 aromatic heterocycles. The van der Waals surface area contributed by atoms with Gasteiger partial charge in [0.2, 0.25) is 11.8 Å². The lowest BCUT2D eigenvalue weighted by Gasteiger charge is -2.20. The van der Waals surface area contributed by atoms with Crippen LogP contribution in [-0.2, 0) is 9.59 Å². The monoisotopic (exact) mass is 244 g/mol. The van der Waals surface area contributed by atoms with Crippen molar-refractivity contribution in [2.75, 3.05) is 19.3 Å². The molecule has 1 saturated carbocycles. The molecule has 0 bridgehead atoms. The van der Waals surface area contributed by atoms with Gasteiger partial charge in [0.25, 0.3) is 0 Å². The number of carbonyl (C=O) groups is 2. The predicted molar refractivity (Wildman–Crippen MR) is 66.4 cm³/mol. The molecule has 2 N–H and O–H groups in total. The Balaban J connectivity index is 2.07. The van der Waals surface area contributed by atoms with Gasteiger partial charge in [-0.1, -0.05) is 19.3 Å². The minimum absolute atomic E-state index is 0.0424. The molecular weight excluding hydrogens is 224 g/mol. The van der Waals surface area contributed by atoms with Crippen LogP contribution in [-0.4, -0.2) is 36.4 Å². The number of carbonyl (C=O) groups excluding carboxylic acids is 2. The molecule has 1 rings (SSSR count). The van der Waals surface area contributed by atoms with Crippen LogP contribution in [0.4, 0.5) is 0 Å². The van der Waals surface area contributed by atoms with Crippen LogP contribution in [0.15, 0.2) is 0 Å². The molecule has 5 heteroatoms. The van der Waals surface area contributed by atoms with Crippen molar-refractivity contribution < 1.29 is 9.59 Å². The molecule has 0 unspecified atom stereocenters. The van der Waals surface area contributed by atoms with Crippen molar-refractivity contribution in [1.29, 1.82) is 0 Å². The molecule has 0 atom stereocenters. The highest BCUT2D eigenvalue weighted by Crippen LogP contribution is 2.27. The lowest BCUT2D eigenvalue weighted by molar-refractivity contribution is -0.124. The van der Waals surface area contributed by atoms with Gasteiger partial charge in [-0.15, -0.1) is 11.8 Å². The Labute approximate surface area is 101 Å². The summed E-state index contributed by atoms with van der Waals surface area (Å²) in [6.07, 6.45) is 6.37. The molecule has 92 valence electrons. The molecule has 16 heavy (non-hydrogen) atoms. The standard InChI is InChI=1S/C11H20N2O2S/c1-12-10(14)7-13-11(15)8-16-9-5-3-2-4-6-9/h9H,2-8H2,1H3,(H,12,14)(H,13,15). The zero-order chi connectivity index (χ0) is 11.8. The molecule has 4 nitrogen and oxygen atoms in total. The maximum atomic E-state index is 11.4. The van der Waals surface area contributed by atoms with Gasteiger partial charge in [0.15, 0.2) is 0 Å². The third kappa shape index (κ3) is 5.39. The summed E-state index contributed by atoms with van der Waals surface area (Å²) in [5.74, 6) is 0.275. The van der Waals surface area contributed by atoms with E-state index in [1.807, 2.05) is 0 Å². The first-order valence-corrected chi connectivity index (χ1v) is 6.86. The second kappa shape index (κ2) is 7.54. The van der Waals surface area contributed by atoms with Crippen LogP contribution in [0.3, 0.4) is 0 Å². The molecule has 0 aromatic carbocycles. The van der Waals surface area contributed by atoms with Gasteiger partial charge < -0.3 is 10.6 Å². The average molecular weight is 244 g/mol. The summed E-state index contributed by atoms with van der Waals surface area (Å²) < 4.78 is 0. The number of rotatable bonds is 5. The molecule has 0 radical (unpaired) electrons. The van der Waals surface area contributed by atoms with E-state index in [0.29, 0.717) is 11.0 Å². The predicted octanol–water partition coefficient (Wildman–Crippen LogP) is 0.914. The molecule has 1 fully saturated rings. The van der Waals surface area contributed by atoms with Gasteiger partial charge in [-0.05, 0) is 12.8 Å². The van der Waals surface area contributed by atoms with Crippen LogP contribution >= 0.6 is 11.8 Å². The van der Waals surface area contributed by atoms with Gasteiger partial charge in [0, 0.05) is 12.3 Å². The second-order valence-electron chi connectivity index (χ2n) is 4.02. The van der Waals surface area contributed by atoms with E-state index in [0.717, 1.165) is 0 Å². The van der Waals surface area contributed by atoms with Gasteiger partial charge in [0.05, 0.1) is 12.3 Å². The minimum atomic E-state index is -0.156. The normalized spacial score (nSPS) is 16.8. The van der Waals surface area contributed by atoms with E-state index in [2.05, 4.69) is 10.6 Å². The summed E-state index contributed by atoms with van der Waals surface area (Å²) in [7, 11) is 1.56. The van der Waals surface area contributed by atoms with Crippen molar-refractivity contribution >= 4 is 23.6 Å². The molecule has 0 saturated heterocycles. The van der Waals surface area contributed by atoms with Gasteiger partial charge in [-0.2, -0.15) is 0 Å². The van der Waals surface area contributed by atoms with E-state index in [1.54, 1.807) is 18.8 Å². The van der Waals surface area contributed by atoms with Crippen LogP contribution in [0, 0.1) is 0 Å². The number of hydrogen-bond acceptors (Lipinski definition) is 3. The van der Waals surface area contributed by atoms with Crippen molar-refractivity contribution in [1.82, 2.24) is 10.6 Å². The first-order valence-electron chi connectivity index (χ1n) is 5.81. The third-order valence-corrected chi connectivity index (χ3v) is 4.10. The fraction of sp³-hybridized carbons (Fsp3) is 0.818. The third-order valence-electron chi connectivity index (χ3n) is 2.73. The number of nitrogens with one attached hydrogen (secondary N) is 2. The lowest BCUT2D eigenvalue weighted by Crippen LogP contribution is -2.36. The minimum Gasteiger partial charge on any atom is -0.358 e. The average Bonchev–Trinajstić information content (AvgIpc) is 2.34. The van der Waals surface area contributed by atoms with E-state index in [-0.39, 0.29) is 18.4 Å². The van der Waals surface area contributed by atoms with E-state index < -0.39 is 0 Å². The number of hydrogen-bond donors (Lipinski definition) is 2. The zero-order valence-corrected chi connectivity index (χ0v) is 10.6.